The van der Waals surface area contributed by atoms with Crippen molar-refractivity contribution in [1.82, 2.24) is 10.6 Å². The fourth-order valence-electron chi connectivity index (χ4n) is 2.12. The van der Waals surface area contributed by atoms with Gasteiger partial charge in [0, 0.05) is 0 Å². The first-order chi connectivity index (χ1) is 6.45. The Hall–Kier alpha value is -0.0800. The Labute approximate surface area is 81.5 Å². The van der Waals surface area contributed by atoms with Crippen molar-refractivity contribution in [3.63, 3.8) is 0 Å². The van der Waals surface area contributed by atoms with Crippen LogP contribution in [0.3, 0.4) is 0 Å². The normalized spacial score (nSPS) is 29.1. The molecule has 2 rings (SSSR count). The topological polar surface area (TPSA) is 24.1 Å². The first-order valence-corrected chi connectivity index (χ1v) is 5.86. The molecule has 1 atom stereocenters. The van der Waals surface area contributed by atoms with Crippen LogP contribution in [0.5, 0.6) is 0 Å². The third-order valence-electron chi connectivity index (χ3n) is 3.26. The van der Waals surface area contributed by atoms with Crippen molar-refractivity contribution in [3.8, 4) is 0 Å². The highest BCUT2D eigenvalue weighted by molar-refractivity contribution is 4.75. The molecule has 1 heterocycles. The number of rotatable bonds is 5. The van der Waals surface area contributed by atoms with Crippen LogP contribution < -0.4 is 10.6 Å². The van der Waals surface area contributed by atoms with Gasteiger partial charge in [-0.05, 0) is 57.3 Å². The summed E-state index contributed by atoms with van der Waals surface area (Å²) in [5.41, 5.74) is 0. The standard InChI is InChI=1S/C11H22N2/c1-2-11(8-12-6-1)9-13-7-5-10-3-4-10/h10-13H,1-9H2. The number of piperidine rings is 1. The number of nitrogens with one attached hydrogen (secondary N) is 2. The van der Waals surface area contributed by atoms with E-state index in [0.29, 0.717) is 0 Å². The van der Waals surface area contributed by atoms with Gasteiger partial charge in [0.15, 0.2) is 0 Å². The van der Waals surface area contributed by atoms with Crippen LogP contribution in [0.4, 0.5) is 0 Å². The van der Waals surface area contributed by atoms with Gasteiger partial charge in [-0.2, -0.15) is 0 Å². The summed E-state index contributed by atoms with van der Waals surface area (Å²) < 4.78 is 0. The molecule has 0 aromatic carbocycles. The quantitative estimate of drug-likeness (QED) is 0.628. The molecule has 0 aromatic heterocycles. The zero-order chi connectivity index (χ0) is 8.93. The second-order valence-corrected chi connectivity index (χ2v) is 4.65. The van der Waals surface area contributed by atoms with E-state index in [1.807, 2.05) is 0 Å². The molecule has 0 amide bonds. The summed E-state index contributed by atoms with van der Waals surface area (Å²) in [5, 5.41) is 7.04. The number of hydrogen-bond acceptors (Lipinski definition) is 2. The molecule has 2 heteroatoms. The summed E-state index contributed by atoms with van der Waals surface area (Å²) in [7, 11) is 0. The molecular weight excluding hydrogens is 160 g/mol. The Morgan fingerprint density at radius 2 is 2.08 bits per heavy atom. The van der Waals surface area contributed by atoms with Gasteiger partial charge < -0.3 is 10.6 Å². The van der Waals surface area contributed by atoms with E-state index in [4.69, 9.17) is 0 Å². The van der Waals surface area contributed by atoms with Gasteiger partial charge in [0.1, 0.15) is 0 Å². The molecular formula is C11H22N2. The van der Waals surface area contributed by atoms with Gasteiger partial charge in [0.05, 0.1) is 0 Å². The fraction of sp³-hybridized carbons (Fsp3) is 1.00. The van der Waals surface area contributed by atoms with Crippen LogP contribution in [0.15, 0.2) is 0 Å². The summed E-state index contributed by atoms with van der Waals surface area (Å²) in [6, 6.07) is 0. The lowest BCUT2D eigenvalue weighted by molar-refractivity contribution is 0.359. The Morgan fingerprint density at radius 3 is 2.77 bits per heavy atom. The van der Waals surface area contributed by atoms with Crippen LogP contribution in [-0.2, 0) is 0 Å². The molecule has 2 nitrogen and oxygen atoms in total. The highest BCUT2D eigenvalue weighted by atomic mass is 14.9. The predicted molar refractivity (Wildman–Crippen MR) is 55.8 cm³/mol. The molecule has 13 heavy (non-hydrogen) atoms. The van der Waals surface area contributed by atoms with Gasteiger partial charge in [-0.1, -0.05) is 12.8 Å². The summed E-state index contributed by atoms with van der Waals surface area (Å²) in [4.78, 5) is 0. The van der Waals surface area contributed by atoms with E-state index >= 15 is 0 Å². The summed E-state index contributed by atoms with van der Waals surface area (Å²) in [6.07, 6.45) is 7.19. The maximum Gasteiger partial charge on any atom is -0.000837 e. The smallest absolute Gasteiger partial charge is 0.000837 e. The molecule has 0 aromatic rings. The van der Waals surface area contributed by atoms with Crippen molar-refractivity contribution in [1.29, 1.82) is 0 Å². The summed E-state index contributed by atoms with van der Waals surface area (Å²) >= 11 is 0. The first kappa shape index (κ1) is 9.47. The minimum absolute atomic E-state index is 0.896. The zero-order valence-corrected chi connectivity index (χ0v) is 8.52. The molecule has 1 saturated heterocycles. The molecule has 1 saturated carbocycles. The largest absolute Gasteiger partial charge is 0.316 e. The molecule has 76 valence electrons. The molecule has 2 fully saturated rings. The lowest BCUT2D eigenvalue weighted by Gasteiger charge is -2.22. The monoisotopic (exact) mass is 182 g/mol. The van der Waals surface area contributed by atoms with Crippen LogP contribution in [0.1, 0.15) is 32.1 Å². The van der Waals surface area contributed by atoms with Gasteiger partial charge in [-0.15, -0.1) is 0 Å². The highest BCUT2D eigenvalue weighted by Gasteiger charge is 2.20. The first-order valence-electron chi connectivity index (χ1n) is 5.86. The van der Waals surface area contributed by atoms with E-state index in [1.54, 1.807) is 0 Å². The summed E-state index contributed by atoms with van der Waals surface area (Å²) in [6.45, 7) is 4.95. The van der Waals surface area contributed by atoms with Gasteiger partial charge >= 0.3 is 0 Å². The van der Waals surface area contributed by atoms with Crippen LogP contribution in [-0.4, -0.2) is 26.2 Å². The van der Waals surface area contributed by atoms with Gasteiger partial charge in [0.2, 0.25) is 0 Å². The van der Waals surface area contributed by atoms with Crippen molar-refractivity contribution in [2.24, 2.45) is 11.8 Å². The van der Waals surface area contributed by atoms with E-state index in [1.165, 1.54) is 58.3 Å². The Balaban J connectivity index is 1.46. The Bertz CT molecular complexity index is 137. The maximum absolute atomic E-state index is 3.59. The van der Waals surface area contributed by atoms with Crippen LogP contribution in [0.2, 0.25) is 0 Å². The average molecular weight is 182 g/mol. The van der Waals surface area contributed by atoms with Crippen molar-refractivity contribution >= 4 is 0 Å². The van der Waals surface area contributed by atoms with Gasteiger partial charge in [0.25, 0.3) is 0 Å². The third-order valence-corrected chi connectivity index (χ3v) is 3.26. The van der Waals surface area contributed by atoms with Crippen molar-refractivity contribution in [3.05, 3.63) is 0 Å². The van der Waals surface area contributed by atoms with E-state index < -0.39 is 0 Å². The average Bonchev–Trinajstić information content (AvgIpc) is 2.98. The molecule has 0 spiro atoms. The van der Waals surface area contributed by atoms with Crippen molar-refractivity contribution in [2.45, 2.75) is 32.1 Å². The van der Waals surface area contributed by atoms with Gasteiger partial charge in [-0.25, -0.2) is 0 Å². The third kappa shape index (κ3) is 3.65. The van der Waals surface area contributed by atoms with Crippen molar-refractivity contribution in [2.75, 3.05) is 26.2 Å². The number of hydrogen-bond donors (Lipinski definition) is 2. The molecule has 2 aliphatic rings. The second kappa shape index (κ2) is 4.97. The fourth-order valence-corrected chi connectivity index (χ4v) is 2.12. The van der Waals surface area contributed by atoms with Crippen LogP contribution in [0, 0.1) is 11.8 Å². The molecule has 1 aliphatic heterocycles. The minimum Gasteiger partial charge on any atom is -0.316 e. The van der Waals surface area contributed by atoms with E-state index in [0.717, 1.165) is 11.8 Å². The highest BCUT2D eigenvalue weighted by Crippen LogP contribution is 2.31. The van der Waals surface area contributed by atoms with E-state index in [2.05, 4.69) is 10.6 Å². The molecule has 0 bridgehead atoms. The minimum atomic E-state index is 0.896. The SMILES string of the molecule is C1CNCC(CNCCC2CC2)C1. The van der Waals surface area contributed by atoms with Crippen molar-refractivity contribution < 1.29 is 0 Å². The van der Waals surface area contributed by atoms with Crippen LogP contribution >= 0.6 is 0 Å². The lowest BCUT2D eigenvalue weighted by Crippen LogP contribution is -2.36. The lowest BCUT2D eigenvalue weighted by atomic mass is 10.00. The summed E-state index contributed by atoms with van der Waals surface area (Å²) in [5.74, 6) is 1.98. The van der Waals surface area contributed by atoms with Crippen LogP contribution in [0.25, 0.3) is 0 Å². The maximum atomic E-state index is 3.59. The molecule has 0 radical (unpaired) electrons. The zero-order valence-electron chi connectivity index (χ0n) is 8.52. The Kier molecular flexibility index (Phi) is 3.62. The van der Waals surface area contributed by atoms with E-state index in [-0.39, 0.29) is 0 Å². The van der Waals surface area contributed by atoms with Gasteiger partial charge in [-0.3, -0.25) is 0 Å². The second-order valence-electron chi connectivity index (χ2n) is 4.65. The molecule has 1 unspecified atom stereocenters. The predicted octanol–water partition coefficient (Wildman–Crippen LogP) is 1.38. The molecule has 1 aliphatic carbocycles. The molecule has 2 N–H and O–H groups in total. The van der Waals surface area contributed by atoms with E-state index in [9.17, 15) is 0 Å². The Morgan fingerprint density at radius 1 is 1.15 bits per heavy atom.